The molecule has 0 saturated carbocycles. The number of carbonyl (C=O) groups excluding carboxylic acids is 1. The van der Waals surface area contributed by atoms with E-state index in [1.165, 1.54) is 6.42 Å². The second-order valence-electron chi connectivity index (χ2n) is 6.46. The molecule has 2 rings (SSSR count). The molecular formula is C15H27N3O3. The van der Waals surface area contributed by atoms with Gasteiger partial charge in [0.1, 0.15) is 0 Å². The van der Waals surface area contributed by atoms with Crippen molar-refractivity contribution in [2.24, 2.45) is 5.41 Å². The van der Waals surface area contributed by atoms with Gasteiger partial charge < -0.3 is 15.3 Å². The normalized spacial score (nSPS) is 25.8. The quantitative estimate of drug-likeness (QED) is 0.822. The van der Waals surface area contributed by atoms with Crippen LogP contribution in [0.3, 0.4) is 0 Å². The maximum atomic E-state index is 12.2. The zero-order valence-electron chi connectivity index (χ0n) is 13.1. The lowest BCUT2D eigenvalue weighted by Crippen LogP contribution is -2.50. The molecule has 0 aromatic heterocycles. The van der Waals surface area contributed by atoms with E-state index in [2.05, 4.69) is 17.1 Å². The average Bonchev–Trinajstić information content (AvgIpc) is 2.92. The molecule has 2 fully saturated rings. The third-order valence-corrected chi connectivity index (χ3v) is 5.06. The molecule has 2 N–H and O–H groups in total. The smallest absolute Gasteiger partial charge is 0.317 e. The van der Waals surface area contributed by atoms with Gasteiger partial charge >= 0.3 is 12.0 Å². The third kappa shape index (κ3) is 3.67. The lowest BCUT2D eigenvalue weighted by atomic mass is 9.80. The number of amides is 2. The summed E-state index contributed by atoms with van der Waals surface area (Å²) < 4.78 is 0. The summed E-state index contributed by atoms with van der Waals surface area (Å²) in [4.78, 5) is 27.5. The molecule has 6 nitrogen and oxygen atoms in total. The number of likely N-dealkylation sites (tertiary alicyclic amines) is 2. The number of aliphatic carboxylic acids is 1. The topological polar surface area (TPSA) is 72.9 Å². The first kappa shape index (κ1) is 16.1. The number of hydrogen-bond acceptors (Lipinski definition) is 3. The van der Waals surface area contributed by atoms with E-state index in [9.17, 15) is 14.7 Å². The first-order valence-corrected chi connectivity index (χ1v) is 7.96. The van der Waals surface area contributed by atoms with Crippen molar-refractivity contribution in [3.63, 3.8) is 0 Å². The van der Waals surface area contributed by atoms with E-state index in [0.717, 1.165) is 19.5 Å². The van der Waals surface area contributed by atoms with Gasteiger partial charge in [-0.05, 0) is 45.7 Å². The molecule has 2 heterocycles. The molecule has 6 heteroatoms. The third-order valence-electron chi connectivity index (χ3n) is 5.06. The van der Waals surface area contributed by atoms with Gasteiger partial charge in [0.05, 0.1) is 5.41 Å². The van der Waals surface area contributed by atoms with Gasteiger partial charge in [0.15, 0.2) is 0 Å². The Hall–Kier alpha value is -1.30. The lowest BCUT2D eigenvalue weighted by Gasteiger charge is -2.36. The summed E-state index contributed by atoms with van der Waals surface area (Å²) >= 11 is 0. The van der Waals surface area contributed by atoms with Crippen molar-refractivity contribution in [2.45, 2.75) is 45.6 Å². The number of likely N-dealkylation sites (N-methyl/N-ethyl adjacent to an activating group) is 1. The maximum Gasteiger partial charge on any atom is 0.317 e. The Morgan fingerprint density at radius 1 is 1.29 bits per heavy atom. The predicted octanol–water partition coefficient (Wildman–Crippen LogP) is 1.37. The van der Waals surface area contributed by atoms with Crippen molar-refractivity contribution in [3.8, 4) is 0 Å². The zero-order chi connectivity index (χ0) is 15.5. The van der Waals surface area contributed by atoms with Gasteiger partial charge in [-0.2, -0.15) is 0 Å². The molecule has 0 spiro atoms. The van der Waals surface area contributed by atoms with Gasteiger partial charge in [-0.25, -0.2) is 4.79 Å². The van der Waals surface area contributed by atoms with Crippen LogP contribution in [0.5, 0.6) is 0 Å². The van der Waals surface area contributed by atoms with Gasteiger partial charge in [0, 0.05) is 25.7 Å². The molecule has 2 aliphatic rings. The number of hydrogen-bond donors (Lipinski definition) is 2. The first-order valence-electron chi connectivity index (χ1n) is 7.96. The summed E-state index contributed by atoms with van der Waals surface area (Å²) in [7, 11) is 0. The van der Waals surface area contributed by atoms with Crippen molar-refractivity contribution in [3.05, 3.63) is 0 Å². The number of carbonyl (C=O) groups is 2. The Kier molecular flexibility index (Phi) is 5.08. The number of nitrogens with zero attached hydrogens (tertiary/aromatic N) is 2. The van der Waals surface area contributed by atoms with Crippen LogP contribution in [-0.4, -0.2) is 65.7 Å². The van der Waals surface area contributed by atoms with Crippen molar-refractivity contribution in [1.82, 2.24) is 15.1 Å². The first-order chi connectivity index (χ1) is 9.96. The second kappa shape index (κ2) is 6.64. The standard InChI is InChI=1S/C15H27N3O3/c1-3-17-8-4-5-12(17)11-16-14(21)18-9-6-15(2,7-10-18)13(19)20/h12H,3-11H2,1-2H3,(H,16,21)(H,19,20). The van der Waals surface area contributed by atoms with Crippen LogP contribution in [0, 0.1) is 5.41 Å². The van der Waals surface area contributed by atoms with Crippen molar-refractivity contribution < 1.29 is 14.7 Å². The van der Waals surface area contributed by atoms with Gasteiger partial charge in [0.25, 0.3) is 0 Å². The number of piperidine rings is 1. The summed E-state index contributed by atoms with van der Waals surface area (Å²) in [6, 6.07) is 0.401. The van der Waals surface area contributed by atoms with E-state index in [-0.39, 0.29) is 6.03 Å². The lowest BCUT2D eigenvalue weighted by molar-refractivity contribution is -0.150. The van der Waals surface area contributed by atoms with E-state index >= 15 is 0 Å². The van der Waals surface area contributed by atoms with Crippen LogP contribution < -0.4 is 5.32 Å². The molecule has 120 valence electrons. The number of carboxylic acids is 1. The minimum atomic E-state index is -0.757. The number of carboxylic acid groups (broad SMARTS) is 1. The van der Waals surface area contributed by atoms with Crippen LogP contribution >= 0.6 is 0 Å². The SMILES string of the molecule is CCN1CCCC1CNC(=O)N1CCC(C)(C(=O)O)CC1. The van der Waals surface area contributed by atoms with E-state index in [4.69, 9.17) is 0 Å². The second-order valence-corrected chi connectivity index (χ2v) is 6.46. The number of rotatable bonds is 4. The minimum Gasteiger partial charge on any atom is -0.481 e. The largest absolute Gasteiger partial charge is 0.481 e. The summed E-state index contributed by atoms with van der Waals surface area (Å²) in [5.41, 5.74) is -0.679. The monoisotopic (exact) mass is 297 g/mol. The van der Waals surface area contributed by atoms with Gasteiger partial charge in [0.2, 0.25) is 0 Å². The summed E-state index contributed by atoms with van der Waals surface area (Å²) in [5, 5.41) is 12.2. The maximum absolute atomic E-state index is 12.2. The molecule has 0 radical (unpaired) electrons. The van der Waals surface area contributed by atoms with E-state index in [0.29, 0.717) is 38.5 Å². The molecule has 2 saturated heterocycles. The molecular weight excluding hydrogens is 270 g/mol. The predicted molar refractivity (Wildman–Crippen MR) is 80.2 cm³/mol. The van der Waals surface area contributed by atoms with E-state index in [1.807, 2.05) is 0 Å². The Bertz CT molecular complexity index is 392. The summed E-state index contributed by atoms with van der Waals surface area (Å²) in [6.45, 7) is 7.81. The molecule has 0 aromatic rings. The van der Waals surface area contributed by atoms with E-state index in [1.54, 1.807) is 11.8 Å². The number of nitrogens with one attached hydrogen (secondary N) is 1. The fourth-order valence-corrected chi connectivity index (χ4v) is 3.28. The van der Waals surface area contributed by atoms with Crippen LogP contribution in [0.1, 0.15) is 39.5 Å². The molecule has 0 aliphatic carbocycles. The molecule has 21 heavy (non-hydrogen) atoms. The minimum absolute atomic E-state index is 0.0506. The molecule has 0 aromatic carbocycles. The van der Waals surface area contributed by atoms with Crippen molar-refractivity contribution in [2.75, 3.05) is 32.7 Å². The highest BCUT2D eigenvalue weighted by Gasteiger charge is 2.38. The highest BCUT2D eigenvalue weighted by molar-refractivity contribution is 5.77. The van der Waals surface area contributed by atoms with Gasteiger partial charge in [-0.1, -0.05) is 6.92 Å². The fraction of sp³-hybridized carbons (Fsp3) is 0.867. The fourth-order valence-electron chi connectivity index (χ4n) is 3.28. The molecule has 1 atom stereocenters. The van der Waals surface area contributed by atoms with Crippen molar-refractivity contribution in [1.29, 1.82) is 0 Å². The Morgan fingerprint density at radius 2 is 1.95 bits per heavy atom. The summed E-state index contributed by atoms with van der Waals surface area (Å²) in [5.74, 6) is -0.757. The zero-order valence-corrected chi connectivity index (χ0v) is 13.1. The Morgan fingerprint density at radius 3 is 2.52 bits per heavy atom. The Labute approximate surface area is 126 Å². The number of urea groups is 1. The summed E-state index contributed by atoms with van der Waals surface area (Å²) in [6.07, 6.45) is 3.40. The van der Waals surface area contributed by atoms with E-state index < -0.39 is 11.4 Å². The Balaban J connectivity index is 1.76. The van der Waals surface area contributed by atoms with Gasteiger partial charge in [-0.3, -0.25) is 9.69 Å². The molecule has 1 unspecified atom stereocenters. The average molecular weight is 297 g/mol. The molecule has 2 amide bonds. The van der Waals surface area contributed by atoms with Gasteiger partial charge in [-0.15, -0.1) is 0 Å². The van der Waals surface area contributed by atoms with Crippen molar-refractivity contribution >= 4 is 12.0 Å². The molecule has 0 bridgehead atoms. The van der Waals surface area contributed by atoms with Crippen LogP contribution in [0.15, 0.2) is 0 Å². The van der Waals surface area contributed by atoms with Crippen LogP contribution in [-0.2, 0) is 4.79 Å². The molecule has 2 aliphatic heterocycles. The van der Waals surface area contributed by atoms with Crippen LogP contribution in [0.25, 0.3) is 0 Å². The van der Waals surface area contributed by atoms with Crippen LogP contribution in [0.2, 0.25) is 0 Å². The highest BCUT2D eigenvalue weighted by atomic mass is 16.4. The highest BCUT2D eigenvalue weighted by Crippen LogP contribution is 2.30. The van der Waals surface area contributed by atoms with Crippen LogP contribution in [0.4, 0.5) is 4.79 Å².